The van der Waals surface area contributed by atoms with E-state index in [1.54, 1.807) is 0 Å². The summed E-state index contributed by atoms with van der Waals surface area (Å²) in [7, 11) is 0. The fourth-order valence-electron chi connectivity index (χ4n) is 2.66. The zero-order valence-corrected chi connectivity index (χ0v) is 11.5. The van der Waals surface area contributed by atoms with E-state index >= 15 is 0 Å². The molecule has 0 atom stereocenters. The van der Waals surface area contributed by atoms with Gasteiger partial charge >= 0.3 is 0 Å². The molecule has 0 unspecified atom stereocenters. The molecule has 1 aromatic heterocycles. The summed E-state index contributed by atoms with van der Waals surface area (Å²) in [6, 6.07) is 23.0. The van der Waals surface area contributed by atoms with Crippen LogP contribution < -0.4 is 0 Å². The Hall–Kier alpha value is -2.25. The van der Waals surface area contributed by atoms with Crippen LogP contribution >= 0.6 is 11.6 Å². The number of para-hydroxylation sites is 1. The topological polar surface area (TPSA) is 4.93 Å². The first-order chi connectivity index (χ1) is 9.81. The number of aromatic nitrogens is 1. The quantitative estimate of drug-likeness (QED) is 0.437. The highest BCUT2D eigenvalue weighted by molar-refractivity contribution is 6.31. The molecule has 96 valence electrons. The SMILES string of the molecule is Clc1ccc2cc(-n3ccc4ccccc43)ccc2c1. The van der Waals surface area contributed by atoms with E-state index in [0.29, 0.717) is 0 Å². The van der Waals surface area contributed by atoms with E-state index in [-0.39, 0.29) is 0 Å². The molecule has 0 fully saturated rings. The molecule has 0 saturated carbocycles. The van der Waals surface area contributed by atoms with Gasteiger partial charge in [-0.05, 0) is 52.6 Å². The minimum absolute atomic E-state index is 0.775. The maximum absolute atomic E-state index is 6.03. The summed E-state index contributed by atoms with van der Waals surface area (Å²) in [5.41, 5.74) is 2.39. The molecular formula is C18H12ClN. The minimum atomic E-state index is 0.775. The Morgan fingerprint density at radius 3 is 2.45 bits per heavy atom. The van der Waals surface area contributed by atoms with Gasteiger partial charge in [-0.15, -0.1) is 0 Å². The third-order valence-electron chi connectivity index (χ3n) is 3.66. The first-order valence-electron chi connectivity index (χ1n) is 6.57. The zero-order valence-electron chi connectivity index (χ0n) is 10.8. The second kappa shape index (κ2) is 4.39. The summed E-state index contributed by atoms with van der Waals surface area (Å²) < 4.78 is 2.21. The van der Waals surface area contributed by atoms with E-state index in [1.807, 2.05) is 12.1 Å². The Morgan fingerprint density at radius 1 is 0.700 bits per heavy atom. The summed E-state index contributed by atoms with van der Waals surface area (Å²) in [4.78, 5) is 0. The molecule has 3 aromatic carbocycles. The first kappa shape index (κ1) is 11.6. The van der Waals surface area contributed by atoms with Crippen LogP contribution in [0.5, 0.6) is 0 Å². The summed E-state index contributed by atoms with van der Waals surface area (Å²) in [6.45, 7) is 0. The molecule has 0 N–H and O–H groups in total. The fourth-order valence-corrected chi connectivity index (χ4v) is 2.84. The van der Waals surface area contributed by atoms with Gasteiger partial charge in [0, 0.05) is 16.9 Å². The number of hydrogen-bond acceptors (Lipinski definition) is 0. The van der Waals surface area contributed by atoms with Crippen LogP contribution in [0.1, 0.15) is 0 Å². The fraction of sp³-hybridized carbons (Fsp3) is 0. The smallest absolute Gasteiger partial charge is 0.0528 e. The van der Waals surface area contributed by atoms with Crippen molar-refractivity contribution in [1.29, 1.82) is 0 Å². The highest BCUT2D eigenvalue weighted by atomic mass is 35.5. The number of nitrogens with zero attached hydrogens (tertiary/aromatic N) is 1. The van der Waals surface area contributed by atoms with Gasteiger partial charge in [-0.1, -0.05) is 41.9 Å². The lowest BCUT2D eigenvalue weighted by Crippen LogP contribution is -1.91. The van der Waals surface area contributed by atoms with Gasteiger partial charge in [0.25, 0.3) is 0 Å². The highest BCUT2D eigenvalue weighted by Crippen LogP contribution is 2.25. The number of benzene rings is 3. The van der Waals surface area contributed by atoms with Gasteiger partial charge < -0.3 is 4.57 Å². The van der Waals surface area contributed by atoms with E-state index < -0.39 is 0 Å². The average Bonchev–Trinajstić information content (AvgIpc) is 2.91. The van der Waals surface area contributed by atoms with E-state index in [0.717, 1.165) is 10.4 Å². The number of hydrogen-bond donors (Lipinski definition) is 0. The van der Waals surface area contributed by atoms with Crippen molar-refractivity contribution in [3.63, 3.8) is 0 Å². The first-order valence-corrected chi connectivity index (χ1v) is 6.95. The Kier molecular flexibility index (Phi) is 2.54. The molecule has 2 heteroatoms. The predicted molar refractivity (Wildman–Crippen MR) is 85.8 cm³/mol. The summed E-state index contributed by atoms with van der Waals surface area (Å²) in [5, 5.41) is 4.39. The van der Waals surface area contributed by atoms with Crippen molar-refractivity contribution >= 4 is 33.3 Å². The zero-order chi connectivity index (χ0) is 13.5. The standard InChI is InChI=1S/C18H12ClN/c19-16-7-5-15-12-17(8-6-14(15)11-16)20-10-9-13-3-1-2-4-18(13)20/h1-12H. The van der Waals surface area contributed by atoms with Crippen LogP contribution in [0.25, 0.3) is 27.4 Å². The van der Waals surface area contributed by atoms with E-state index in [4.69, 9.17) is 11.6 Å². The Bertz CT molecular complexity index is 921. The number of halogens is 1. The Labute approximate surface area is 122 Å². The number of rotatable bonds is 1. The van der Waals surface area contributed by atoms with Crippen LogP contribution in [0.3, 0.4) is 0 Å². The lowest BCUT2D eigenvalue weighted by molar-refractivity contribution is 1.13. The lowest BCUT2D eigenvalue weighted by Gasteiger charge is -2.07. The normalized spacial score (nSPS) is 11.2. The molecule has 0 radical (unpaired) electrons. The van der Waals surface area contributed by atoms with E-state index in [2.05, 4.69) is 65.4 Å². The van der Waals surface area contributed by atoms with Crippen molar-refractivity contribution in [2.75, 3.05) is 0 Å². The van der Waals surface area contributed by atoms with E-state index in [9.17, 15) is 0 Å². The van der Waals surface area contributed by atoms with Gasteiger partial charge in [0.15, 0.2) is 0 Å². The molecular weight excluding hydrogens is 266 g/mol. The second-order valence-corrected chi connectivity index (χ2v) is 5.36. The molecule has 1 nitrogen and oxygen atoms in total. The minimum Gasteiger partial charge on any atom is -0.317 e. The van der Waals surface area contributed by atoms with Crippen LogP contribution in [0.4, 0.5) is 0 Å². The summed E-state index contributed by atoms with van der Waals surface area (Å²) in [6.07, 6.45) is 2.11. The van der Waals surface area contributed by atoms with Gasteiger partial charge in [0.1, 0.15) is 0 Å². The van der Waals surface area contributed by atoms with Crippen molar-refractivity contribution in [3.8, 4) is 5.69 Å². The number of fused-ring (bicyclic) bond motifs is 2. The third-order valence-corrected chi connectivity index (χ3v) is 3.90. The van der Waals surface area contributed by atoms with E-state index in [1.165, 1.54) is 22.0 Å². The Morgan fingerprint density at radius 2 is 1.50 bits per heavy atom. The molecule has 0 aliphatic carbocycles. The van der Waals surface area contributed by atoms with Crippen molar-refractivity contribution in [1.82, 2.24) is 4.57 Å². The summed E-state index contributed by atoms with van der Waals surface area (Å²) >= 11 is 6.03. The van der Waals surface area contributed by atoms with Crippen LogP contribution in [0.15, 0.2) is 72.9 Å². The molecule has 0 bridgehead atoms. The van der Waals surface area contributed by atoms with Gasteiger partial charge in [0.05, 0.1) is 5.52 Å². The van der Waals surface area contributed by atoms with Crippen LogP contribution in [0, 0.1) is 0 Å². The maximum Gasteiger partial charge on any atom is 0.0528 e. The summed E-state index contributed by atoms with van der Waals surface area (Å²) in [5.74, 6) is 0. The van der Waals surface area contributed by atoms with Crippen LogP contribution in [0.2, 0.25) is 5.02 Å². The molecule has 0 aliphatic rings. The largest absolute Gasteiger partial charge is 0.317 e. The van der Waals surface area contributed by atoms with Crippen LogP contribution in [-0.2, 0) is 0 Å². The lowest BCUT2D eigenvalue weighted by atomic mass is 10.1. The van der Waals surface area contributed by atoms with Crippen LogP contribution in [-0.4, -0.2) is 4.57 Å². The monoisotopic (exact) mass is 277 g/mol. The van der Waals surface area contributed by atoms with Gasteiger partial charge in [0.2, 0.25) is 0 Å². The van der Waals surface area contributed by atoms with Crippen molar-refractivity contribution < 1.29 is 0 Å². The molecule has 0 saturated heterocycles. The molecule has 20 heavy (non-hydrogen) atoms. The van der Waals surface area contributed by atoms with Crippen molar-refractivity contribution in [2.24, 2.45) is 0 Å². The molecule has 1 heterocycles. The molecule has 4 rings (SSSR count). The van der Waals surface area contributed by atoms with Crippen molar-refractivity contribution in [3.05, 3.63) is 77.9 Å². The highest BCUT2D eigenvalue weighted by Gasteiger charge is 2.03. The van der Waals surface area contributed by atoms with Gasteiger partial charge in [-0.2, -0.15) is 0 Å². The van der Waals surface area contributed by atoms with Gasteiger partial charge in [-0.25, -0.2) is 0 Å². The molecule has 4 aromatic rings. The Balaban J connectivity index is 1.96. The third kappa shape index (κ3) is 1.79. The second-order valence-electron chi connectivity index (χ2n) is 4.92. The van der Waals surface area contributed by atoms with Gasteiger partial charge in [-0.3, -0.25) is 0 Å². The molecule has 0 aliphatic heterocycles. The molecule has 0 amide bonds. The molecule has 0 spiro atoms. The van der Waals surface area contributed by atoms with Crippen molar-refractivity contribution in [2.45, 2.75) is 0 Å². The average molecular weight is 278 g/mol. The maximum atomic E-state index is 6.03. The predicted octanol–water partition coefficient (Wildman–Crippen LogP) is 5.44.